The highest BCUT2D eigenvalue weighted by Crippen LogP contribution is 2.28. The van der Waals surface area contributed by atoms with Crippen LogP contribution in [-0.2, 0) is 0 Å². The summed E-state index contributed by atoms with van der Waals surface area (Å²) in [7, 11) is 2.14. The number of aryl methyl sites for hydroxylation is 1. The number of likely N-dealkylation sites (N-methyl/N-ethyl adjacent to an activating group) is 1. The van der Waals surface area contributed by atoms with E-state index < -0.39 is 0 Å². The summed E-state index contributed by atoms with van der Waals surface area (Å²) >= 11 is 12.1. The Balaban J connectivity index is 1.75. The van der Waals surface area contributed by atoms with Crippen LogP contribution in [0.1, 0.15) is 15.9 Å². The van der Waals surface area contributed by atoms with Crippen LogP contribution in [0.25, 0.3) is 0 Å². The molecule has 0 spiro atoms. The highest BCUT2D eigenvalue weighted by Gasteiger charge is 2.16. The van der Waals surface area contributed by atoms with Crippen LogP contribution in [0.5, 0.6) is 0 Å². The number of nitrogens with zero attached hydrogens (tertiary/aromatic N) is 2. The molecule has 1 fully saturated rings. The molecule has 2 aromatic carbocycles. The van der Waals surface area contributed by atoms with Gasteiger partial charge in [0, 0.05) is 37.6 Å². The Labute approximate surface area is 158 Å². The Morgan fingerprint density at radius 1 is 1.08 bits per heavy atom. The molecule has 0 unspecified atom stereocenters. The SMILES string of the molecule is Cc1cc(N2CCN(C)CC2)ccc1NC(=O)c1cccc(Cl)c1Cl. The third-order valence-electron chi connectivity index (χ3n) is 4.52. The molecule has 0 radical (unpaired) electrons. The van der Waals surface area contributed by atoms with Crippen molar-refractivity contribution >= 4 is 40.5 Å². The number of benzene rings is 2. The van der Waals surface area contributed by atoms with Gasteiger partial charge in [-0.15, -0.1) is 0 Å². The number of anilines is 2. The van der Waals surface area contributed by atoms with Crippen LogP contribution in [0, 0.1) is 6.92 Å². The largest absolute Gasteiger partial charge is 0.369 e. The minimum atomic E-state index is -0.261. The first-order valence-electron chi connectivity index (χ1n) is 8.25. The number of hydrogen-bond donors (Lipinski definition) is 1. The van der Waals surface area contributed by atoms with Crippen molar-refractivity contribution in [3.05, 3.63) is 57.6 Å². The Kier molecular flexibility index (Phi) is 5.52. The number of amides is 1. The molecular formula is C19H21Cl2N3O. The Morgan fingerprint density at radius 3 is 2.48 bits per heavy atom. The van der Waals surface area contributed by atoms with Gasteiger partial charge in [0.15, 0.2) is 0 Å². The van der Waals surface area contributed by atoms with Gasteiger partial charge in [0.05, 0.1) is 15.6 Å². The average molecular weight is 378 g/mol. The van der Waals surface area contributed by atoms with Crippen molar-refractivity contribution in [3.63, 3.8) is 0 Å². The number of rotatable bonds is 3. The van der Waals surface area contributed by atoms with E-state index in [0.717, 1.165) is 37.4 Å². The maximum Gasteiger partial charge on any atom is 0.257 e. The topological polar surface area (TPSA) is 35.6 Å². The molecule has 0 aromatic heterocycles. The van der Waals surface area contributed by atoms with Gasteiger partial charge in [-0.2, -0.15) is 0 Å². The second kappa shape index (κ2) is 7.65. The summed E-state index contributed by atoms with van der Waals surface area (Å²) in [5.74, 6) is -0.261. The van der Waals surface area contributed by atoms with Crippen molar-refractivity contribution in [2.75, 3.05) is 43.4 Å². The Morgan fingerprint density at radius 2 is 1.80 bits per heavy atom. The standard InChI is InChI=1S/C19H21Cl2N3O/c1-13-12-14(24-10-8-23(2)9-11-24)6-7-17(13)22-19(25)15-4-3-5-16(20)18(15)21/h3-7,12H,8-11H2,1-2H3,(H,22,25). The van der Waals surface area contributed by atoms with E-state index in [4.69, 9.17) is 23.2 Å². The maximum absolute atomic E-state index is 12.5. The summed E-state index contributed by atoms with van der Waals surface area (Å²) < 4.78 is 0. The molecule has 1 amide bonds. The molecule has 25 heavy (non-hydrogen) atoms. The van der Waals surface area contributed by atoms with E-state index in [1.807, 2.05) is 19.1 Å². The molecule has 0 saturated carbocycles. The van der Waals surface area contributed by atoms with Crippen molar-refractivity contribution in [3.8, 4) is 0 Å². The van der Waals surface area contributed by atoms with Crippen LogP contribution >= 0.6 is 23.2 Å². The van der Waals surface area contributed by atoms with E-state index in [1.54, 1.807) is 18.2 Å². The predicted molar refractivity (Wildman–Crippen MR) is 105 cm³/mol. The minimum Gasteiger partial charge on any atom is -0.369 e. The molecule has 2 aromatic rings. The molecule has 1 aliphatic heterocycles. The van der Waals surface area contributed by atoms with Crippen molar-refractivity contribution in [2.45, 2.75) is 6.92 Å². The normalized spacial score (nSPS) is 15.3. The Bertz CT molecular complexity index is 786. The summed E-state index contributed by atoms with van der Waals surface area (Å²) in [5.41, 5.74) is 3.35. The van der Waals surface area contributed by atoms with Gasteiger partial charge in [0.25, 0.3) is 5.91 Å². The van der Waals surface area contributed by atoms with Crippen LogP contribution in [0.3, 0.4) is 0 Å². The monoisotopic (exact) mass is 377 g/mol. The molecule has 4 nitrogen and oxygen atoms in total. The van der Waals surface area contributed by atoms with Crippen LogP contribution < -0.4 is 10.2 Å². The summed E-state index contributed by atoms with van der Waals surface area (Å²) in [6.45, 7) is 6.14. The van der Waals surface area contributed by atoms with Crippen molar-refractivity contribution in [1.29, 1.82) is 0 Å². The molecule has 0 atom stereocenters. The molecule has 1 saturated heterocycles. The van der Waals surface area contributed by atoms with Gasteiger partial charge >= 0.3 is 0 Å². The predicted octanol–water partition coefficient (Wildman–Crippen LogP) is 4.31. The lowest BCUT2D eigenvalue weighted by molar-refractivity contribution is 0.102. The number of carbonyl (C=O) groups is 1. The van der Waals surface area contributed by atoms with Gasteiger partial charge in [-0.25, -0.2) is 0 Å². The van der Waals surface area contributed by atoms with Gasteiger partial charge < -0.3 is 15.1 Å². The molecule has 0 aliphatic carbocycles. The van der Waals surface area contributed by atoms with Gasteiger partial charge in [0.2, 0.25) is 0 Å². The maximum atomic E-state index is 12.5. The third-order valence-corrected chi connectivity index (χ3v) is 5.34. The number of carbonyl (C=O) groups excluding carboxylic acids is 1. The van der Waals surface area contributed by atoms with Crippen molar-refractivity contribution < 1.29 is 4.79 Å². The molecule has 6 heteroatoms. The molecule has 0 bridgehead atoms. The molecule has 1 heterocycles. The van der Waals surface area contributed by atoms with Crippen LogP contribution in [-0.4, -0.2) is 44.0 Å². The summed E-state index contributed by atoms with van der Waals surface area (Å²) in [5, 5.41) is 3.57. The van der Waals surface area contributed by atoms with E-state index in [1.165, 1.54) is 5.69 Å². The first kappa shape index (κ1) is 18.1. The van der Waals surface area contributed by atoms with E-state index in [-0.39, 0.29) is 10.9 Å². The van der Waals surface area contributed by atoms with E-state index in [9.17, 15) is 4.79 Å². The summed E-state index contributed by atoms with van der Waals surface area (Å²) in [6, 6.07) is 11.1. The van der Waals surface area contributed by atoms with Crippen LogP contribution in [0.2, 0.25) is 10.0 Å². The second-order valence-corrected chi connectivity index (χ2v) is 7.13. The first-order valence-corrected chi connectivity index (χ1v) is 9.01. The molecule has 132 valence electrons. The lowest BCUT2D eigenvalue weighted by atomic mass is 10.1. The van der Waals surface area contributed by atoms with Crippen LogP contribution in [0.4, 0.5) is 11.4 Å². The van der Waals surface area contributed by atoms with Gasteiger partial charge in [-0.1, -0.05) is 29.3 Å². The number of halogens is 2. The quantitative estimate of drug-likeness (QED) is 0.865. The van der Waals surface area contributed by atoms with Crippen molar-refractivity contribution in [1.82, 2.24) is 4.90 Å². The fourth-order valence-electron chi connectivity index (χ4n) is 2.92. The number of hydrogen-bond acceptors (Lipinski definition) is 3. The smallest absolute Gasteiger partial charge is 0.257 e. The zero-order valence-electron chi connectivity index (χ0n) is 14.4. The van der Waals surface area contributed by atoms with Gasteiger partial charge in [-0.05, 0) is 49.9 Å². The fourth-order valence-corrected chi connectivity index (χ4v) is 3.30. The molecular weight excluding hydrogens is 357 g/mol. The lowest BCUT2D eigenvalue weighted by Crippen LogP contribution is -2.44. The summed E-state index contributed by atoms with van der Waals surface area (Å²) in [4.78, 5) is 17.2. The zero-order chi connectivity index (χ0) is 18.0. The second-order valence-electron chi connectivity index (χ2n) is 6.35. The van der Waals surface area contributed by atoms with E-state index in [0.29, 0.717) is 10.6 Å². The molecule has 1 N–H and O–H groups in total. The van der Waals surface area contributed by atoms with E-state index >= 15 is 0 Å². The number of piperazine rings is 1. The zero-order valence-corrected chi connectivity index (χ0v) is 15.9. The minimum absolute atomic E-state index is 0.261. The van der Waals surface area contributed by atoms with Crippen LogP contribution in [0.15, 0.2) is 36.4 Å². The third kappa shape index (κ3) is 4.09. The first-order chi connectivity index (χ1) is 12.0. The lowest BCUT2D eigenvalue weighted by Gasteiger charge is -2.34. The number of nitrogens with one attached hydrogen (secondary N) is 1. The van der Waals surface area contributed by atoms with E-state index in [2.05, 4.69) is 28.2 Å². The molecule has 1 aliphatic rings. The highest BCUT2D eigenvalue weighted by atomic mass is 35.5. The average Bonchev–Trinajstić information content (AvgIpc) is 2.59. The highest BCUT2D eigenvalue weighted by molar-refractivity contribution is 6.44. The van der Waals surface area contributed by atoms with Crippen molar-refractivity contribution in [2.24, 2.45) is 0 Å². The summed E-state index contributed by atoms with van der Waals surface area (Å²) in [6.07, 6.45) is 0. The molecule has 3 rings (SSSR count). The Hall–Kier alpha value is -1.75. The van der Waals surface area contributed by atoms with Gasteiger partial charge in [0.1, 0.15) is 0 Å². The van der Waals surface area contributed by atoms with Gasteiger partial charge in [-0.3, -0.25) is 4.79 Å². The fraction of sp³-hybridized carbons (Fsp3) is 0.316.